The third-order valence-corrected chi connectivity index (χ3v) is 3.72. The molecule has 1 aliphatic heterocycles. The molecule has 0 bridgehead atoms. The molecule has 0 fully saturated rings. The van der Waals surface area contributed by atoms with Crippen molar-refractivity contribution in [1.82, 2.24) is 4.90 Å². The van der Waals surface area contributed by atoms with Crippen LogP contribution >= 0.6 is 0 Å². The maximum absolute atomic E-state index is 3.51. The molecule has 0 aromatic heterocycles. The number of fused-ring (bicyclic) bond motifs is 1. The largest absolute Gasteiger partial charge is 0.384 e. The van der Waals surface area contributed by atoms with Gasteiger partial charge in [-0.05, 0) is 44.1 Å². The molecule has 17 heavy (non-hydrogen) atoms. The summed E-state index contributed by atoms with van der Waals surface area (Å²) in [6.45, 7) is 9.27. The van der Waals surface area contributed by atoms with E-state index < -0.39 is 0 Å². The molecule has 1 N–H and O–H groups in total. The van der Waals surface area contributed by atoms with Gasteiger partial charge in [-0.25, -0.2) is 0 Å². The average Bonchev–Trinajstić information content (AvgIpc) is 2.78. The molecule has 1 unspecified atom stereocenters. The molecule has 1 atom stereocenters. The van der Waals surface area contributed by atoms with Crippen LogP contribution in [0.3, 0.4) is 0 Å². The second-order valence-electron chi connectivity index (χ2n) is 4.89. The van der Waals surface area contributed by atoms with E-state index in [1.807, 2.05) is 0 Å². The Kier molecular flexibility index (Phi) is 4.43. The van der Waals surface area contributed by atoms with Gasteiger partial charge in [0, 0.05) is 18.2 Å². The zero-order valence-electron chi connectivity index (χ0n) is 11.1. The summed E-state index contributed by atoms with van der Waals surface area (Å²) in [5.41, 5.74) is 2.86. The number of hydrogen-bond acceptors (Lipinski definition) is 2. The van der Waals surface area contributed by atoms with Gasteiger partial charge in [-0.2, -0.15) is 0 Å². The molecule has 2 heteroatoms. The molecule has 0 aliphatic carbocycles. The normalized spacial score (nSPS) is 18.2. The van der Waals surface area contributed by atoms with E-state index in [-0.39, 0.29) is 0 Å². The lowest BCUT2D eigenvalue weighted by Crippen LogP contribution is -2.26. The van der Waals surface area contributed by atoms with Crippen LogP contribution in [0.2, 0.25) is 0 Å². The van der Waals surface area contributed by atoms with Crippen molar-refractivity contribution < 1.29 is 0 Å². The molecule has 1 aliphatic rings. The zero-order valence-corrected chi connectivity index (χ0v) is 11.1. The van der Waals surface area contributed by atoms with Crippen LogP contribution < -0.4 is 5.32 Å². The van der Waals surface area contributed by atoms with Crippen LogP contribution in [-0.2, 0) is 0 Å². The van der Waals surface area contributed by atoms with E-state index in [9.17, 15) is 0 Å². The highest BCUT2D eigenvalue weighted by molar-refractivity contribution is 5.57. The van der Waals surface area contributed by atoms with Crippen molar-refractivity contribution in [3.63, 3.8) is 0 Å². The molecule has 1 heterocycles. The van der Waals surface area contributed by atoms with E-state index in [0.29, 0.717) is 5.92 Å². The van der Waals surface area contributed by atoms with Gasteiger partial charge in [-0.1, -0.05) is 32.0 Å². The van der Waals surface area contributed by atoms with E-state index in [2.05, 4.69) is 48.3 Å². The van der Waals surface area contributed by atoms with E-state index in [0.717, 1.165) is 6.54 Å². The first-order valence-corrected chi connectivity index (χ1v) is 6.90. The zero-order chi connectivity index (χ0) is 12.1. The van der Waals surface area contributed by atoms with Crippen molar-refractivity contribution in [2.75, 3.05) is 31.5 Å². The predicted octanol–water partition coefficient (Wildman–Crippen LogP) is 3.32. The first-order valence-electron chi connectivity index (χ1n) is 6.90. The van der Waals surface area contributed by atoms with Crippen molar-refractivity contribution >= 4 is 5.69 Å². The van der Waals surface area contributed by atoms with Gasteiger partial charge in [0.25, 0.3) is 0 Å². The molecule has 1 aromatic carbocycles. The van der Waals surface area contributed by atoms with Gasteiger partial charge < -0.3 is 10.2 Å². The van der Waals surface area contributed by atoms with Crippen LogP contribution in [0, 0.1) is 0 Å². The van der Waals surface area contributed by atoms with Gasteiger partial charge in [0.15, 0.2) is 0 Å². The topological polar surface area (TPSA) is 15.3 Å². The number of nitrogens with zero attached hydrogens (tertiary/aromatic N) is 1. The van der Waals surface area contributed by atoms with Gasteiger partial charge in [-0.15, -0.1) is 0 Å². The molecule has 2 rings (SSSR count). The molecule has 0 saturated heterocycles. The summed E-state index contributed by atoms with van der Waals surface area (Å²) in [6, 6.07) is 8.74. The minimum atomic E-state index is 0.706. The van der Waals surface area contributed by atoms with Crippen LogP contribution in [-0.4, -0.2) is 31.1 Å². The van der Waals surface area contributed by atoms with Crippen molar-refractivity contribution in [2.45, 2.75) is 32.6 Å². The van der Waals surface area contributed by atoms with Gasteiger partial charge in [0.05, 0.1) is 0 Å². The first-order chi connectivity index (χ1) is 8.35. The predicted molar refractivity (Wildman–Crippen MR) is 74.7 cm³/mol. The van der Waals surface area contributed by atoms with Crippen LogP contribution in [0.1, 0.15) is 38.2 Å². The fourth-order valence-electron chi connectivity index (χ4n) is 2.70. The summed E-state index contributed by atoms with van der Waals surface area (Å²) >= 11 is 0. The smallest absolute Gasteiger partial charge is 0.0376 e. The lowest BCUT2D eigenvalue weighted by atomic mass is 9.98. The molecule has 2 nitrogen and oxygen atoms in total. The summed E-state index contributed by atoms with van der Waals surface area (Å²) in [6.07, 6.45) is 2.53. The third kappa shape index (κ3) is 3.01. The fraction of sp³-hybridized carbons (Fsp3) is 0.600. The van der Waals surface area contributed by atoms with Crippen LogP contribution in [0.5, 0.6) is 0 Å². The fourth-order valence-corrected chi connectivity index (χ4v) is 2.70. The average molecular weight is 232 g/mol. The second-order valence-corrected chi connectivity index (χ2v) is 4.89. The van der Waals surface area contributed by atoms with Gasteiger partial charge >= 0.3 is 0 Å². The molecule has 94 valence electrons. The van der Waals surface area contributed by atoms with Crippen molar-refractivity contribution in [3.05, 3.63) is 29.8 Å². The third-order valence-electron chi connectivity index (χ3n) is 3.72. The summed E-state index contributed by atoms with van der Waals surface area (Å²) < 4.78 is 0. The van der Waals surface area contributed by atoms with E-state index in [1.54, 1.807) is 0 Å². The monoisotopic (exact) mass is 232 g/mol. The van der Waals surface area contributed by atoms with E-state index in [1.165, 1.54) is 43.7 Å². The minimum absolute atomic E-state index is 0.706. The number of anilines is 1. The Bertz CT molecular complexity index is 349. The van der Waals surface area contributed by atoms with Gasteiger partial charge in [-0.3, -0.25) is 0 Å². The van der Waals surface area contributed by atoms with Gasteiger partial charge in [0.2, 0.25) is 0 Å². The lowest BCUT2D eigenvalue weighted by molar-refractivity contribution is 0.278. The van der Waals surface area contributed by atoms with Crippen LogP contribution in [0.15, 0.2) is 24.3 Å². The number of nitrogens with one attached hydrogen (secondary N) is 1. The van der Waals surface area contributed by atoms with Crippen LogP contribution in [0.25, 0.3) is 0 Å². The summed E-state index contributed by atoms with van der Waals surface area (Å²) in [5, 5.41) is 3.51. The number of benzene rings is 1. The number of hydrogen-bond donors (Lipinski definition) is 1. The SMILES string of the molecule is CCCN(CC)CCC1CNc2ccccc21. The highest BCUT2D eigenvalue weighted by atomic mass is 15.1. The molecular weight excluding hydrogens is 208 g/mol. The van der Waals surface area contributed by atoms with E-state index in [4.69, 9.17) is 0 Å². The highest BCUT2D eigenvalue weighted by Crippen LogP contribution is 2.33. The highest BCUT2D eigenvalue weighted by Gasteiger charge is 2.21. The van der Waals surface area contributed by atoms with Gasteiger partial charge in [0.1, 0.15) is 0 Å². The molecule has 0 amide bonds. The first kappa shape index (κ1) is 12.4. The summed E-state index contributed by atoms with van der Waals surface area (Å²) in [4.78, 5) is 2.56. The quantitative estimate of drug-likeness (QED) is 0.809. The van der Waals surface area contributed by atoms with Crippen molar-refractivity contribution in [2.24, 2.45) is 0 Å². The Morgan fingerprint density at radius 2 is 2.06 bits per heavy atom. The number of para-hydroxylation sites is 1. The Morgan fingerprint density at radius 3 is 2.82 bits per heavy atom. The van der Waals surface area contributed by atoms with Crippen molar-refractivity contribution in [3.8, 4) is 0 Å². The minimum Gasteiger partial charge on any atom is -0.384 e. The lowest BCUT2D eigenvalue weighted by Gasteiger charge is -2.21. The molecule has 0 spiro atoms. The maximum Gasteiger partial charge on any atom is 0.0376 e. The molecule has 1 aromatic rings. The number of rotatable bonds is 6. The Balaban J connectivity index is 1.89. The maximum atomic E-state index is 3.51. The Morgan fingerprint density at radius 1 is 1.24 bits per heavy atom. The molecular formula is C15H24N2. The van der Waals surface area contributed by atoms with E-state index >= 15 is 0 Å². The second kappa shape index (κ2) is 6.06. The Hall–Kier alpha value is -1.02. The van der Waals surface area contributed by atoms with Crippen LogP contribution in [0.4, 0.5) is 5.69 Å². The Labute approximate surface area is 105 Å². The summed E-state index contributed by atoms with van der Waals surface area (Å²) in [7, 11) is 0. The standard InChI is InChI=1S/C15H24N2/c1-3-10-17(4-2)11-9-13-12-16-15-8-6-5-7-14(13)15/h5-8,13,16H,3-4,9-12H2,1-2H3. The molecule has 0 saturated carbocycles. The van der Waals surface area contributed by atoms with Crippen molar-refractivity contribution in [1.29, 1.82) is 0 Å². The summed E-state index contributed by atoms with van der Waals surface area (Å²) in [5.74, 6) is 0.706. The molecule has 0 radical (unpaired) electrons.